The number of imide groups is 1. The average molecular weight is 278 g/mol. The van der Waals surface area contributed by atoms with Gasteiger partial charge in [-0.25, -0.2) is 4.79 Å². The zero-order valence-electron chi connectivity index (χ0n) is 12.3. The van der Waals surface area contributed by atoms with Gasteiger partial charge in [0.15, 0.2) is 0 Å². The monoisotopic (exact) mass is 278 g/mol. The first kappa shape index (κ1) is 16.2. The molecule has 1 rings (SSSR count). The predicted molar refractivity (Wildman–Crippen MR) is 77.2 cm³/mol. The summed E-state index contributed by atoms with van der Waals surface area (Å²) in [5, 5.41) is 2.27. The highest BCUT2D eigenvalue weighted by atomic mass is 16.5. The Hall–Kier alpha value is -1.88. The number of amides is 2. The van der Waals surface area contributed by atoms with Crippen molar-refractivity contribution in [1.29, 1.82) is 0 Å². The van der Waals surface area contributed by atoms with E-state index in [4.69, 9.17) is 4.74 Å². The van der Waals surface area contributed by atoms with Gasteiger partial charge in [-0.3, -0.25) is 15.0 Å². The minimum absolute atomic E-state index is 0.153. The second-order valence-electron chi connectivity index (χ2n) is 4.82. The van der Waals surface area contributed by atoms with Crippen LogP contribution in [0.25, 0.3) is 0 Å². The Kier molecular flexibility index (Phi) is 6.73. The van der Waals surface area contributed by atoms with Crippen LogP contribution in [-0.2, 0) is 16.1 Å². The molecule has 110 valence electrons. The van der Waals surface area contributed by atoms with Crippen LogP contribution in [-0.4, -0.2) is 37.0 Å². The molecule has 1 aromatic carbocycles. The molecule has 5 heteroatoms. The summed E-state index contributed by atoms with van der Waals surface area (Å²) in [4.78, 5) is 25.3. The van der Waals surface area contributed by atoms with Crippen molar-refractivity contribution in [2.24, 2.45) is 0 Å². The highest BCUT2D eigenvalue weighted by Crippen LogP contribution is 2.04. The summed E-state index contributed by atoms with van der Waals surface area (Å²) in [7, 11) is 3.63. The standard InChI is InChI=1S/C15H22N2O3/c1-4-8-13(17(2)3)14(18)16-15(19)20-11-12-9-6-5-7-10-12/h5-7,9-10,13H,4,8,11H2,1-3H3,(H,16,18,19). The van der Waals surface area contributed by atoms with Crippen LogP contribution < -0.4 is 5.32 Å². The van der Waals surface area contributed by atoms with Crippen molar-refractivity contribution in [2.75, 3.05) is 14.1 Å². The molecule has 0 saturated carbocycles. The molecule has 0 radical (unpaired) electrons. The molecular weight excluding hydrogens is 256 g/mol. The van der Waals surface area contributed by atoms with E-state index in [0.29, 0.717) is 6.42 Å². The van der Waals surface area contributed by atoms with Crippen molar-refractivity contribution in [3.8, 4) is 0 Å². The minimum atomic E-state index is -0.707. The third-order valence-corrected chi connectivity index (χ3v) is 2.93. The number of carbonyl (C=O) groups excluding carboxylic acids is 2. The van der Waals surface area contributed by atoms with E-state index in [1.807, 2.05) is 51.4 Å². The van der Waals surface area contributed by atoms with Gasteiger partial charge in [-0.2, -0.15) is 0 Å². The molecule has 0 aliphatic heterocycles. The van der Waals surface area contributed by atoms with Crippen molar-refractivity contribution in [3.63, 3.8) is 0 Å². The van der Waals surface area contributed by atoms with Gasteiger partial charge in [0.2, 0.25) is 5.91 Å². The van der Waals surface area contributed by atoms with Crippen LogP contribution in [0.5, 0.6) is 0 Å². The molecule has 0 aliphatic rings. The number of benzene rings is 1. The molecule has 20 heavy (non-hydrogen) atoms. The van der Waals surface area contributed by atoms with Crippen molar-refractivity contribution in [3.05, 3.63) is 35.9 Å². The van der Waals surface area contributed by atoms with Crippen molar-refractivity contribution in [2.45, 2.75) is 32.4 Å². The predicted octanol–water partition coefficient (Wildman–Crippen LogP) is 2.17. The summed E-state index contributed by atoms with van der Waals surface area (Å²) >= 11 is 0. The summed E-state index contributed by atoms with van der Waals surface area (Å²) in [6, 6.07) is 9.02. The van der Waals surface area contributed by atoms with E-state index in [9.17, 15) is 9.59 Å². The minimum Gasteiger partial charge on any atom is -0.444 e. The van der Waals surface area contributed by atoms with Crippen LogP contribution in [0.2, 0.25) is 0 Å². The van der Waals surface area contributed by atoms with Crippen LogP contribution in [0.4, 0.5) is 4.79 Å². The Balaban J connectivity index is 2.43. The van der Waals surface area contributed by atoms with E-state index < -0.39 is 6.09 Å². The van der Waals surface area contributed by atoms with Crippen LogP contribution in [0, 0.1) is 0 Å². The second-order valence-corrected chi connectivity index (χ2v) is 4.82. The van der Waals surface area contributed by atoms with E-state index in [2.05, 4.69) is 5.32 Å². The first-order valence-electron chi connectivity index (χ1n) is 6.72. The van der Waals surface area contributed by atoms with E-state index >= 15 is 0 Å². The summed E-state index contributed by atoms with van der Waals surface area (Å²) in [6.07, 6.45) is 0.863. The zero-order chi connectivity index (χ0) is 15.0. The van der Waals surface area contributed by atoms with Gasteiger partial charge in [0.1, 0.15) is 6.61 Å². The third-order valence-electron chi connectivity index (χ3n) is 2.93. The number of hydrogen-bond acceptors (Lipinski definition) is 4. The maximum atomic E-state index is 11.9. The fourth-order valence-corrected chi connectivity index (χ4v) is 1.84. The van der Waals surface area contributed by atoms with Crippen LogP contribution in [0.1, 0.15) is 25.3 Å². The first-order chi connectivity index (χ1) is 9.54. The molecule has 5 nitrogen and oxygen atoms in total. The number of nitrogens with zero attached hydrogens (tertiary/aromatic N) is 1. The van der Waals surface area contributed by atoms with Gasteiger partial charge in [-0.15, -0.1) is 0 Å². The Morgan fingerprint density at radius 1 is 1.25 bits per heavy atom. The molecule has 0 aromatic heterocycles. The summed E-state index contributed by atoms with van der Waals surface area (Å²) in [6.45, 7) is 2.15. The maximum absolute atomic E-state index is 11.9. The summed E-state index contributed by atoms with van der Waals surface area (Å²) < 4.78 is 5.02. The van der Waals surface area contributed by atoms with Crippen molar-refractivity contribution in [1.82, 2.24) is 10.2 Å². The molecular formula is C15H22N2O3. The molecule has 0 heterocycles. The number of likely N-dealkylation sites (N-methyl/N-ethyl adjacent to an activating group) is 1. The molecule has 0 spiro atoms. The number of hydrogen-bond donors (Lipinski definition) is 1. The molecule has 1 aromatic rings. The van der Waals surface area contributed by atoms with Gasteiger partial charge in [0.25, 0.3) is 0 Å². The smallest absolute Gasteiger partial charge is 0.414 e. The normalized spacial score (nSPS) is 12.0. The zero-order valence-corrected chi connectivity index (χ0v) is 12.3. The van der Waals surface area contributed by atoms with Gasteiger partial charge in [-0.05, 0) is 26.1 Å². The molecule has 1 atom stereocenters. The Morgan fingerprint density at radius 2 is 1.90 bits per heavy atom. The second kappa shape index (κ2) is 8.32. The number of ether oxygens (including phenoxy) is 1. The topological polar surface area (TPSA) is 58.6 Å². The van der Waals surface area contributed by atoms with Crippen molar-refractivity contribution < 1.29 is 14.3 Å². The van der Waals surface area contributed by atoms with Gasteiger partial charge >= 0.3 is 6.09 Å². The van der Waals surface area contributed by atoms with Gasteiger partial charge < -0.3 is 4.74 Å². The molecule has 2 amide bonds. The average Bonchev–Trinajstić information content (AvgIpc) is 2.43. The molecule has 0 aliphatic carbocycles. The number of rotatable bonds is 6. The fraction of sp³-hybridized carbons (Fsp3) is 0.467. The Bertz CT molecular complexity index is 432. The Morgan fingerprint density at radius 3 is 2.45 bits per heavy atom. The van der Waals surface area contributed by atoms with Crippen LogP contribution in [0.15, 0.2) is 30.3 Å². The molecule has 0 bridgehead atoms. The van der Waals surface area contributed by atoms with Gasteiger partial charge in [-0.1, -0.05) is 43.7 Å². The van der Waals surface area contributed by atoms with Crippen molar-refractivity contribution >= 4 is 12.0 Å². The molecule has 1 N–H and O–H groups in total. The van der Waals surface area contributed by atoms with Crippen LogP contribution >= 0.6 is 0 Å². The van der Waals surface area contributed by atoms with Crippen LogP contribution in [0.3, 0.4) is 0 Å². The highest BCUT2D eigenvalue weighted by Gasteiger charge is 2.22. The lowest BCUT2D eigenvalue weighted by molar-refractivity contribution is -0.125. The number of alkyl carbamates (subject to hydrolysis) is 1. The number of carbonyl (C=O) groups is 2. The summed E-state index contributed by atoms with van der Waals surface area (Å²) in [5.41, 5.74) is 0.882. The maximum Gasteiger partial charge on any atom is 0.414 e. The lowest BCUT2D eigenvalue weighted by Gasteiger charge is -2.22. The largest absolute Gasteiger partial charge is 0.444 e. The van der Waals surface area contributed by atoms with E-state index in [1.54, 1.807) is 4.90 Å². The van der Waals surface area contributed by atoms with Gasteiger partial charge in [0.05, 0.1) is 6.04 Å². The first-order valence-corrected chi connectivity index (χ1v) is 6.72. The SMILES string of the molecule is CCCC(C(=O)NC(=O)OCc1ccccc1)N(C)C. The van der Waals surface area contributed by atoms with Gasteiger partial charge in [0, 0.05) is 0 Å². The van der Waals surface area contributed by atoms with E-state index in [1.165, 1.54) is 0 Å². The van der Waals surface area contributed by atoms with E-state index in [-0.39, 0.29) is 18.6 Å². The molecule has 1 unspecified atom stereocenters. The van der Waals surface area contributed by atoms with E-state index in [0.717, 1.165) is 12.0 Å². The third kappa shape index (κ3) is 5.40. The lowest BCUT2D eigenvalue weighted by atomic mass is 10.1. The fourth-order valence-electron chi connectivity index (χ4n) is 1.84. The lowest BCUT2D eigenvalue weighted by Crippen LogP contribution is -2.45. The number of nitrogens with one attached hydrogen (secondary N) is 1. The quantitative estimate of drug-likeness (QED) is 0.866. The summed E-state index contributed by atoms with van der Waals surface area (Å²) in [5.74, 6) is -0.324. The molecule has 0 fully saturated rings. The highest BCUT2D eigenvalue weighted by molar-refractivity contribution is 5.94. The molecule has 0 saturated heterocycles. The Labute approximate surface area is 119 Å².